The Morgan fingerprint density at radius 2 is 0.833 bits per heavy atom. The molecule has 0 aromatic heterocycles. The summed E-state index contributed by atoms with van der Waals surface area (Å²) in [6.07, 6.45) is 9.29. The van der Waals surface area contributed by atoms with Crippen LogP contribution < -0.4 is 9.47 Å². The van der Waals surface area contributed by atoms with Crippen LogP contribution in [0.4, 0.5) is 0 Å². The molecule has 2 rings (SSSR count). The van der Waals surface area contributed by atoms with E-state index in [1.807, 2.05) is 24.3 Å². The van der Waals surface area contributed by atoms with Crippen LogP contribution in [0.5, 0.6) is 11.5 Å². The first-order valence-corrected chi connectivity index (χ1v) is 13.1. The lowest BCUT2D eigenvalue weighted by Crippen LogP contribution is -2.21. The summed E-state index contributed by atoms with van der Waals surface area (Å²) in [7, 11) is 6.42. The molecule has 0 aliphatic heterocycles. The highest BCUT2D eigenvalue weighted by atomic mass is 16.7. The summed E-state index contributed by atoms with van der Waals surface area (Å²) in [4.78, 5) is 0. The SMILES string of the molecule is CCCCCc1ccc(OCC(OC)OC)cc1.CCCCCc1ccc(OCC(OC)OC)cc1. The molecule has 0 saturated carbocycles. The van der Waals surface area contributed by atoms with Crippen molar-refractivity contribution in [1.29, 1.82) is 0 Å². The van der Waals surface area contributed by atoms with E-state index in [0.29, 0.717) is 13.2 Å². The van der Waals surface area contributed by atoms with E-state index in [2.05, 4.69) is 38.1 Å². The van der Waals surface area contributed by atoms with E-state index in [9.17, 15) is 0 Å². The molecule has 0 unspecified atom stereocenters. The predicted molar refractivity (Wildman–Crippen MR) is 146 cm³/mol. The van der Waals surface area contributed by atoms with E-state index in [0.717, 1.165) is 24.3 Å². The molecule has 0 aliphatic rings. The van der Waals surface area contributed by atoms with Gasteiger partial charge in [-0.2, -0.15) is 0 Å². The molecule has 2 aromatic rings. The van der Waals surface area contributed by atoms with Crippen LogP contribution in [0.3, 0.4) is 0 Å². The Bertz CT molecular complexity index is 674. The molecule has 0 bridgehead atoms. The second-order valence-corrected chi connectivity index (χ2v) is 8.63. The van der Waals surface area contributed by atoms with Gasteiger partial charge < -0.3 is 28.4 Å². The zero-order chi connectivity index (χ0) is 26.4. The van der Waals surface area contributed by atoms with E-state index in [-0.39, 0.29) is 12.6 Å². The van der Waals surface area contributed by atoms with Crippen LogP contribution in [0.15, 0.2) is 48.5 Å². The third kappa shape index (κ3) is 14.4. The third-order valence-electron chi connectivity index (χ3n) is 5.81. The molecule has 6 nitrogen and oxygen atoms in total. The molecule has 0 radical (unpaired) electrons. The molecule has 0 N–H and O–H groups in total. The number of ether oxygens (including phenoxy) is 6. The van der Waals surface area contributed by atoms with E-state index in [1.54, 1.807) is 28.4 Å². The van der Waals surface area contributed by atoms with Gasteiger partial charge in [0.2, 0.25) is 0 Å². The monoisotopic (exact) mass is 504 g/mol. The molecular weight excluding hydrogens is 456 g/mol. The van der Waals surface area contributed by atoms with Crippen molar-refractivity contribution in [3.63, 3.8) is 0 Å². The second kappa shape index (κ2) is 21.0. The van der Waals surface area contributed by atoms with Crippen molar-refractivity contribution in [2.45, 2.75) is 77.8 Å². The molecule has 0 spiro atoms. The average molecular weight is 505 g/mol. The molecule has 0 heterocycles. The van der Waals surface area contributed by atoms with Crippen molar-refractivity contribution in [2.24, 2.45) is 0 Å². The first kappa shape index (κ1) is 31.9. The fourth-order valence-electron chi connectivity index (χ4n) is 3.46. The lowest BCUT2D eigenvalue weighted by atomic mass is 10.1. The highest BCUT2D eigenvalue weighted by molar-refractivity contribution is 5.28. The Kier molecular flexibility index (Phi) is 18.6. The molecule has 0 fully saturated rings. The topological polar surface area (TPSA) is 55.4 Å². The number of unbranched alkanes of at least 4 members (excludes halogenated alkanes) is 4. The summed E-state index contributed by atoms with van der Waals surface area (Å²) in [6.45, 7) is 5.25. The van der Waals surface area contributed by atoms with Crippen LogP contribution in [-0.2, 0) is 31.8 Å². The van der Waals surface area contributed by atoms with E-state index < -0.39 is 0 Å². The smallest absolute Gasteiger partial charge is 0.191 e. The van der Waals surface area contributed by atoms with Gasteiger partial charge in [-0.15, -0.1) is 0 Å². The van der Waals surface area contributed by atoms with Crippen molar-refractivity contribution in [2.75, 3.05) is 41.7 Å². The molecule has 0 amide bonds. The standard InChI is InChI=1S/2C15H24O3/c2*1-4-5-6-7-13-8-10-14(11-9-13)18-12-15(16-2)17-3/h2*8-11,15H,4-7,12H2,1-3H3. The fourth-order valence-corrected chi connectivity index (χ4v) is 3.46. The molecule has 2 aromatic carbocycles. The molecule has 6 heteroatoms. The van der Waals surface area contributed by atoms with Crippen molar-refractivity contribution in [3.05, 3.63) is 59.7 Å². The number of benzene rings is 2. The van der Waals surface area contributed by atoms with Crippen LogP contribution in [0.1, 0.15) is 63.5 Å². The highest BCUT2D eigenvalue weighted by Crippen LogP contribution is 2.16. The summed E-state index contributed by atoms with van der Waals surface area (Å²) in [5, 5.41) is 0. The van der Waals surface area contributed by atoms with E-state index in [4.69, 9.17) is 28.4 Å². The van der Waals surface area contributed by atoms with Gasteiger partial charge in [0.1, 0.15) is 24.7 Å². The van der Waals surface area contributed by atoms with Crippen molar-refractivity contribution in [3.8, 4) is 11.5 Å². The minimum absolute atomic E-state index is 0.311. The van der Waals surface area contributed by atoms with Gasteiger partial charge in [0, 0.05) is 28.4 Å². The Labute approximate surface area is 219 Å². The van der Waals surface area contributed by atoms with Crippen LogP contribution in [0.2, 0.25) is 0 Å². The number of methoxy groups -OCH3 is 4. The zero-order valence-corrected chi connectivity index (χ0v) is 23.3. The Morgan fingerprint density at radius 3 is 1.11 bits per heavy atom. The third-order valence-corrected chi connectivity index (χ3v) is 5.81. The van der Waals surface area contributed by atoms with Crippen LogP contribution in [0, 0.1) is 0 Å². The van der Waals surface area contributed by atoms with Gasteiger partial charge in [0.05, 0.1) is 0 Å². The van der Waals surface area contributed by atoms with Crippen LogP contribution in [0.25, 0.3) is 0 Å². The minimum atomic E-state index is -0.311. The Hall–Kier alpha value is -2.12. The molecule has 0 saturated heterocycles. The maximum absolute atomic E-state index is 5.58. The summed E-state index contributed by atoms with van der Waals surface area (Å²) < 4.78 is 31.4. The lowest BCUT2D eigenvalue weighted by Gasteiger charge is -2.14. The van der Waals surface area contributed by atoms with Crippen molar-refractivity contribution >= 4 is 0 Å². The predicted octanol–water partition coefficient (Wildman–Crippen LogP) is 6.83. The van der Waals surface area contributed by atoms with Gasteiger partial charge >= 0.3 is 0 Å². The van der Waals surface area contributed by atoms with Gasteiger partial charge in [-0.25, -0.2) is 0 Å². The Balaban J connectivity index is 0.000000360. The quantitative estimate of drug-likeness (QED) is 0.164. The zero-order valence-electron chi connectivity index (χ0n) is 23.3. The highest BCUT2D eigenvalue weighted by Gasteiger charge is 2.06. The number of hydrogen-bond acceptors (Lipinski definition) is 6. The van der Waals surface area contributed by atoms with Crippen molar-refractivity contribution < 1.29 is 28.4 Å². The second-order valence-electron chi connectivity index (χ2n) is 8.63. The minimum Gasteiger partial charge on any atom is -0.488 e. The first-order valence-electron chi connectivity index (χ1n) is 13.1. The summed E-state index contributed by atoms with van der Waals surface area (Å²) in [5.41, 5.74) is 2.73. The summed E-state index contributed by atoms with van der Waals surface area (Å²) >= 11 is 0. The van der Waals surface area contributed by atoms with Crippen LogP contribution >= 0.6 is 0 Å². The molecule has 0 atom stereocenters. The van der Waals surface area contributed by atoms with E-state index in [1.165, 1.54) is 49.7 Å². The van der Waals surface area contributed by atoms with Crippen LogP contribution in [-0.4, -0.2) is 54.2 Å². The first-order chi connectivity index (χ1) is 17.6. The maximum atomic E-state index is 5.58. The van der Waals surface area contributed by atoms with E-state index >= 15 is 0 Å². The molecule has 204 valence electrons. The number of rotatable bonds is 18. The van der Waals surface area contributed by atoms with Gasteiger partial charge in [-0.3, -0.25) is 0 Å². The number of aryl methyl sites for hydroxylation is 2. The fraction of sp³-hybridized carbons (Fsp3) is 0.600. The lowest BCUT2D eigenvalue weighted by molar-refractivity contribution is -0.122. The van der Waals surface area contributed by atoms with Crippen molar-refractivity contribution in [1.82, 2.24) is 0 Å². The Morgan fingerprint density at radius 1 is 0.500 bits per heavy atom. The molecule has 0 aliphatic carbocycles. The summed E-state index contributed by atoms with van der Waals surface area (Å²) in [6, 6.07) is 16.5. The average Bonchev–Trinajstić information content (AvgIpc) is 2.92. The largest absolute Gasteiger partial charge is 0.488 e. The summed E-state index contributed by atoms with van der Waals surface area (Å²) in [5.74, 6) is 1.71. The van der Waals surface area contributed by atoms with Gasteiger partial charge in [-0.1, -0.05) is 63.8 Å². The van der Waals surface area contributed by atoms with Gasteiger partial charge in [-0.05, 0) is 61.1 Å². The van der Waals surface area contributed by atoms with Gasteiger partial charge in [0.25, 0.3) is 0 Å². The maximum Gasteiger partial charge on any atom is 0.191 e. The normalized spacial score (nSPS) is 10.9. The molecular formula is C30H48O6. The number of hydrogen-bond donors (Lipinski definition) is 0. The molecule has 36 heavy (non-hydrogen) atoms. The van der Waals surface area contributed by atoms with Gasteiger partial charge in [0.15, 0.2) is 12.6 Å².